The molecule has 86 valence electrons. The van der Waals surface area contributed by atoms with Gasteiger partial charge in [0.1, 0.15) is 5.52 Å². The summed E-state index contributed by atoms with van der Waals surface area (Å²) in [4.78, 5) is 3.22. The van der Waals surface area contributed by atoms with E-state index in [9.17, 15) is 0 Å². The molecule has 3 aromatic rings. The molecule has 2 heterocycles. The molecule has 2 aromatic heterocycles. The summed E-state index contributed by atoms with van der Waals surface area (Å²) in [6, 6.07) is 14.7. The van der Waals surface area contributed by atoms with E-state index < -0.39 is 0 Å². The van der Waals surface area contributed by atoms with Gasteiger partial charge in [0, 0.05) is 23.2 Å². The maximum Gasteiger partial charge on any atom is 0.193 e. The van der Waals surface area contributed by atoms with Crippen molar-refractivity contribution in [2.45, 2.75) is 6.54 Å². The van der Waals surface area contributed by atoms with Gasteiger partial charge >= 0.3 is 0 Å². The summed E-state index contributed by atoms with van der Waals surface area (Å²) in [5.74, 6) is 0. The number of nitrogens with one attached hydrogen (secondary N) is 1. The highest BCUT2D eigenvalue weighted by Gasteiger charge is 2.04. The van der Waals surface area contributed by atoms with Gasteiger partial charge in [0.2, 0.25) is 0 Å². The monoisotopic (exact) mass is 288 g/mol. The summed E-state index contributed by atoms with van der Waals surface area (Å²) in [7, 11) is 0. The van der Waals surface area contributed by atoms with E-state index in [4.69, 9.17) is 0 Å². The summed E-state index contributed by atoms with van der Waals surface area (Å²) in [6.45, 7) is 0.912. The Hall–Kier alpha value is -1.61. The van der Waals surface area contributed by atoms with Gasteiger partial charge in [-0.1, -0.05) is 30.3 Å². The van der Waals surface area contributed by atoms with Gasteiger partial charge < -0.3 is 22.0 Å². The van der Waals surface area contributed by atoms with Crippen LogP contribution in [0.3, 0.4) is 0 Å². The Morgan fingerprint density at radius 1 is 1.00 bits per heavy atom. The van der Waals surface area contributed by atoms with Crippen molar-refractivity contribution in [3.05, 3.63) is 66.6 Å². The maximum absolute atomic E-state index is 3.22. The quantitative estimate of drug-likeness (QED) is 0.614. The normalized spacial score (nSPS) is 10.1. The fourth-order valence-corrected chi connectivity index (χ4v) is 1.93. The van der Waals surface area contributed by atoms with Crippen LogP contribution in [0, 0.1) is 0 Å². The highest BCUT2D eigenvalue weighted by atomic mass is 79.9. The van der Waals surface area contributed by atoms with Crippen molar-refractivity contribution in [2.24, 2.45) is 0 Å². The molecule has 0 amide bonds. The Morgan fingerprint density at radius 3 is 2.65 bits per heavy atom. The number of rotatable bonds is 2. The van der Waals surface area contributed by atoms with Crippen LogP contribution in [0.25, 0.3) is 10.9 Å². The van der Waals surface area contributed by atoms with Crippen LogP contribution < -0.4 is 21.5 Å². The van der Waals surface area contributed by atoms with Crippen molar-refractivity contribution in [1.29, 1.82) is 0 Å². The minimum Gasteiger partial charge on any atom is -1.00 e. The fraction of sp³-hybridized carbons (Fsp3) is 0.0714. The predicted octanol–water partition coefficient (Wildman–Crippen LogP) is -0.492. The van der Waals surface area contributed by atoms with E-state index in [1.807, 2.05) is 12.3 Å². The third-order valence-corrected chi connectivity index (χ3v) is 2.76. The van der Waals surface area contributed by atoms with Crippen molar-refractivity contribution in [1.82, 2.24) is 4.98 Å². The van der Waals surface area contributed by atoms with Crippen LogP contribution in [0.5, 0.6) is 0 Å². The number of aromatic amines is 1. The Morgan fingerprint density at radius 2 is 1.82 bits per heavy atom. The summed E-state index contributed by atoms with van der Waals surface area (Å²) >= 11 is 0. The molecule has 0 aliphatic heterocycles. The van der Waals surface area contributed by atoms with Gasteiger partial charge in [0.15, 0.2) is 18.9 Å². The van der Waals surface area contributed by atoms with E-state index >= 15 is 0 Å². The summed E-state index contributed by atoms with van der Waals surface area (Å²) in [5, 5.41) is 1.25. The number of pyridine rings is 1. The standard InChI is InChI=1S/C14H12N2.BrH/c1-2-4-12(5-3-1)10-16-9-7-13-6-8-15-14(13)11-16;/h1-9,11H,10H2;1H. The molecule has 17 heavy (non-hydrogen) atoms. The number of aromatic nitrogens is 2. The van der Waals surface area contributed by atoms with E-state index in [1.54, 1.807) is 0 Å². The summed E-state index contributed by atoms with van der Waals surface area (Å²) < 4.78 is 2.19. The zero-order chi connectivity index (χ0) is 10.8. The Balaban J connectivity index is 0.00000108. The molecule has 1 aromatic carbocycles. The first-order valence-corrected chi connectivity index (χ1v) is 5.42. The number of benzene rings is 1. The van der Waals surface area contributed by atoms with Crippen LogP contribution in [0.2, 0.25) is 0 Å². The number of halogens is 1. The van der Waals surface area contributed by atoms with E-state index in [0.29, 0.717) is 0 Å². The van der Waals surface area contributed by atoms with Gasteiger partial charge in [0.05, 0.1) is 0 Å². The third-order valence-electron chi connectivity index (χ3n) is 2.76. The first-order valence-electron chi connectivity index (χ1n) is 5.42. The minimum absolute atomic E-state index is 0. The third kappa shape index (κ3) is 2.56. The van der Waals surface area contributed by atoms with Crippen LogP contribution in [-0.4, -0.2) is 4.98 Å². The van der Waals surface area contributed by atoms with Crippen LogP contribution in [-0.2, 0) is 6.54 Å². The van der Waals surface area contributed by atoms with Gasteiger partial charge in [0.25, 0.3) is 0 Å². The Labute approximate surface area is 111 Å². The molecule has 0 aliphatic rings. The lowest BCUT2D eigenvalue weighted by molar-refractivity contribution is -0.687. The van der Waals surface area contributed by atoms with Gasteiger partial charge in [-0.15, -0.1) is 0 Å². The van der Waals surface area contributed by atoms with Crippen LogP contribution in [0.1, 0.15) is 5.56 Å². The summed E-state index contributed by atoms with van der Waals surface area (Å²) in [5.41, 5.74) is 2.50. The van der Waals surface area contributed by atoms with Crippen molar-refractivity contribution in [3.63, 3.8) is 0 Å². The predicted molar refractivity (Wildman–Crippen MR) is 64.0 cm³/mol. The lowest BCUT2D eigenvalue weighted by Gasteiger charge is -1.97. The van der Waals surface area contributed by atoms with Crippen LogP contribution in [0.4, 0.5) is 0 Å². The van der Waals surface area contributed by atoms with Gasteiger partial charge in [-0.3, -0.25) is 0 Å². The fourth-order valence-electron chi connectivity index (χ4n) is 1.93. The van der Waals surface area contributed by atoms with E-state index in [1.165, 1.54) is 16.5 Å². The molecule has 3 rings (SSSR count). The smallest absolute Gasteiger partial charge is 0.193 e. The molecule has 0 radical (unpaired) electrons. The highest BCUT2D eigenvalue weighted by molar-refractivity contribution is 5.76. The zero-order valence-corrected chi connectivity index (χ0v) is 10.9. The molecule has 0 bridgehead atoms. The minimum atomic E-state index is 0. The second-order valence-corrected chi connectivity index (χ2v) is 3.95. The average molecular weight is 289 g/mol. The number of fused-ring (bicyclic) bond motifs is 1. The lowest BCUT2D eigenvalue weighted by Crippen LogP contribution is -3.00. The molecule has 3 heteroatoms. The molecule has 0 unspecified atom stereocenters. The maximum atomic E-state index is 3.22. The SMILES string of the molecule is [Br-].c1ccc(C[n+]2ccc3cc[nH]c3c2)cc1. The molecule has 0 atom stereocenters. The summed E-state index contributed by atoms with van der Waals surface area (Å²) in [6.07, 6.45) is 6.23. The molecule has 2 nitrogen and oxygen atoms in total. The average Bonchev–Trinajstić information content (AvgIpc) is 2.77. The van der Waals surface area contributed by atoms with Crippen molar-refractivity contribution in [2.75, 3.05) is 0 Å². The molecule has 1 N–H and O–H groups in total. The molecule has 0 fully saturated rings. The lowest BCUT2D eigenvalue weighted by atomic mass is 10.2. The molecule has 0 saturated carbocycles. The largest absolute Gasteiger partial charge is 1.00 e. The Bertz CT molecular complexity index is 602. The van der Waals surface area contributed by atoms with Crippen molar-refractivity contribution in [3.8, 4) is 0 Å². The molecular weight excluding hydrogens is 276 g/mol. The van der Waals surface area contributed by atoms with Gasteiger partial charge in [-0.05, 0) is 6.07 Å². The van der Waals surface area contributed by atoms with E-state index in [0.717, 1.165) is 6.54 Å². The van der Waals surface area contributed by atoms with E-state index in [-0.39, 0.29) is 17.0 Å². The van der Waals surface area contributed by atoms with Gasteiger partial charge in [-0.2, -0.15) is 4.57 Å². The second-order valence-electron chi connectivity index (χ2n) is 3.95. The van der Waals surface area contributed by atoms with E-state index in [2.05, 4.69) is 58.3 Å². The zero-order valence-electron chi connectivity index (χ0n) is 9.31. The molecule has 0 aliphatic carbocycles. The molecular formula is C14H13BrN2. The number of H-pyrrole nitrogens is 1. The first kappa shape index (κ1) is 11.9. The van der Waals surface area contributed by atoms with Gasteiger partial charge in [-0.25, -0.2) is 0 Å². The number of hydrogen-bond donors (Lipinski definition) is 1. The Kier molecular flexibility index (Phi) is 3.59. The van der Waals surface area contributed by atoms with Crippen LogP contribution >= 0.6 is 0 Å². The number of hydrogen-bond acceptors (Lipinski definition) is 0. The number of nitrogens with zero attached hydrogens (tertiary/aromatic N) is 1. The van der Waals surface area contributed by atoms with Crippen LogP contribution in [0.15, 0.2) is 61.1 Å². The highest BCUT2D eigenvalue weighted by Crippen LogP contribution is 2.08. The van der Waals surface area contributed by atoms with Crippen molar-refractivity contribution < 1.29 is 21.5 Å². The molecule has 0 saturated heterocycles. The first-order chi connectivity index (χ1) is 7.92. The van der Waals surface area contributed by atoms with Crippen molar-refractivity contribution >= 4 is 10.9 Å². The second kappa shape index (κ2) is 5.15. The molecule has 0 spiro atoms. The topological polar surface area (TPSA) is 19.7 Å².